The summed E-state index contributed by atoms with van der Waals surface area (Å²) < 4.78 is 18.5. The van der Waals surface area contributed by atoms with Gasteiger partial charge in [0.1, 0.15) is 23.9 Å². The predicted molar refractivity (Wildman–Crippen MR) is 118 cm³/mol. The molecule has 2 rings (SSSR count). The molecule has 0 unspecified atom stereocenters. The highest BCUT2D eigenvalue weighted by atomic mass is 127. The second kappa shape index (κ2) is 12.4. The summed E-state index contributed by atoms with van der Waals surface area (Å²) in [4.78, 5) is 6.26. The number of halogens is 2. The molecule has 0 heterocycles. The Balaban J connectivity index is 0.00000364. The lowest BCUT2D eigenvalue weighted by atomic mass is 10.1. The molecule has 27 heavy (non-hydrogen) atoms. The number of aliphatic imine (C=N–C) groups is 1. The molecule has 2 aromatic carbocycles. The van der Waals surface area contributed by atoms with Gasteiger partial charge in [0.15, 0.2) is 5.96 Å². The van der Waals surface area contributed by atoms with Crippen molar-refractivity contribution in [3.63, 3.8) is 0 Å². The van der Waals surface area contributed by atoms with Crippen molar-refractivity contribution in [2.45, 2.75) is 12.8 Å². The van der Waals surface area contributed by atoms with Crippen molar-refractivity contribution >= 4 is 29.9 Å². The molecule has 5 nitrogen and oxygen atoms in total. The maximum atomic E-state index is 12.9. The highest BCUT2D eigenvalue weighted by molar-refractivity contribution is 14.0. The maximum Gasteiger partial charge on any atom is 0.193 e. The van der Waals surface area contributed by atoms with Crippen molar-refractivity contribution in [1.82, 2.24) is 10.2 Å². The van der Waals surface area contributed by atoms with Crippen LogP contribution in [0.25, 0.3) is 0 Å². The highest BCUT2D eigenvalue weighted by Crippen LogP contribution is 2.11. The zero-order valence-corrected chi connectivity index (χ0v) is 18.0. The average Bonchev–Trinajstić information content (AvgIpc) is 2.65. The normalized spacial score (nSPS) is 10.9. The van der Waals surface area contributed by atoms with Gasteiger partial charge in [-0.05, 0) is 54.8 Å². The van der Waals surface area contributed by atoms with Gasteiger partial charge in [0.25, 0.3) is 0 Å². The first-order valence-electron chi connectivity index (χ1n) is 8.66. The first kappa shape index (κ1) is 23.0. The number of aromatic hydroxyl groups is 1. The number of benzene rings is 2. The second-order valence-corrected chi connectivity index (χ2v) is 5.97. The molecule has 0 spiro atoms. The van der Waals surface area contributed by atoms with E-state index in [0.717, 1.165) is 25.3 Å². The number of nitrogens with one attached hydrogen (secondary N) is 1. The number of ether oxygens (including phenoxy) is 1. The second-order valence-electron chi connectivity index (χ2n) is 5.97. The molecule has 0 amide bonds. The number of hydrogen-bond acceptors (Lipinski definition) is 3. The van der Waals surface area contributed by atoms with Gasteiger partial charge in [0.2, 0.25) is 0 Å². The van der Waals surface area contributed by atoms with E-state index in [1.807, 2.05) is 24.1 Å². The summed E-state index contributed by atoms with van der Waals surface area (Å²) in [7, 11) is 3.70. The van der Waals surface area contributed by atoms with Crippen molar-refractivity contribution < 1.29 is 14.2 Å². The Bertz CT molecular complexity index is 693. The predicted octanol–water partition coefficient (Wildman–Crippen LogP) is 3.67. The molecular weight excluding hydrogens is 460 g/mol. The molecule has 0 radical (unpaired) electrons. The van der Waals surface area contributed by atoms with Gasteiger partial charge >= 0.3 is 0 Å². The fourth-order valence-corrected chi connectivity index (χ4v) is 2.48. The van der Waals surface area contributed by atoms with Crippen LogP contribution in [0.15, 0.2) is 53.5 Å². The van der Waals surface area contributed by atoms with Crippen molar-refractivity contribution in [2.75, 3.05) is 33.8 Å². The van der Waals surface area contributed by atoms with Gasteiger partial charge in [-0.1, -0.05) is 12.1 Å². The van der Waals surface area contributed by atoms with Gasteiger partial charge in [0, 0.05) is 20.6 Å². The van der Waals surface area contributed by atoms with Crippen LogP contribution in [0.5, 0.6) is 11.5 Å². The fourth-order valence-electron chi connectivity index (χ4n) is 2.48. The summed E-state index contributed by atoms with van der Waals surface area (Å²) >= 11 is 0. The van der Waals surface area contributed by atoms with Crippen molar-refractivity contribution in [2.24, 2.45) is 4.99 Å². The van der Waals surface area contributed by atoms with Gasteiger partial charge < -0.3 is 20.1 Å². The minimum atomic E-state index is -0.272. The molecule has 0 saturated heterocycles. The van der Waals surface area contributed by atoms with E-state index >= 15 is 0 Å². The van der Waals surface area contributed by atoms with Gasteiger partial charge in [-0.2, -0.15) is 0 Å². The molecule has 0 aliphatic carbocycles. The van der Waals surface area contributed by atoms with Crippen LogP contribution in [0.4, 0.5) is 4.39 Å². The molecule has 0 aromatic heterocycles. The van der Waals surface area contributed by atoms with E-state index in [1.54, 1.807) is 31.3 Å². The van der Waals surface area contributed by atoms with E-state index in [9.17, 15) is 9.50 Å². The fraction of sp³-hybridized carbons (Fsp3) is 0.350. The highest BCUT2D eigenvalue weighted by Gasteiger charge is 2.05. The Kier molecular flexibility index (Phi) is 10.5. The Morgan fingerprint density at radius 2 is 1.81 bits per heavy atom. The third-order valence-electron chi connectivity index (χ3n) is 3.94. The number of likely N-dealkylation sites (N-methyl/N-ethyl adjacent to an activating group) is 1. The third-order valence-corrected chi connectivity index (χ3v) is 3.94. The average molecular weight is 487 g/mol. The van der Waals surface area contributed by atoms with Crippen LogP contribution in [0.2, 0.25) is 0 Å². The summed E-state index contributed by atoms with van der Waals surface area (Å²) in [5, 5.41) is 12.6. The monoisotopic (exact) mass is 487 g/mol. The summed E-state index contributed by atoms with van der Waals surface area (Å²) in [5.74, 6) is 1.47. The lowest BCUT2D eigenvalue weighted by Gasteiger charge is -2.22. The van der Waals surface area contributed by atoms with E-state index in [1.165, 1.54) is 17.7 Å². The standard InChI is InChI=1S/C20H26FN3O2.HI/c1-22-20(23-13-3-4-16-5-9-18(25)10-6-16)24(2)14-15-26-19-11-7-17(21)8-12-19;/h5-12,25H,3-4,13-15H2,1-2H3,(H,22,23);1H. The van der Waals surface area contributed by atoms with Crippen LogP contribution in [0.1, 0.15) is 12.0 Å². The zero-order chi connectivity index (χ0) is 18.8. The van der Waals surface area contributed by atoms with E-state index in [-0.39, 0.29) is 35.5 Å². The Morgan fingerprint density at radius 1 is 1.15 bits per heavy atom. The molecular formula is C20H27FIN3O2. The molecule has 148 valence electrons. The molecule has 2 aromatic rings. The molecule has 0 bridgehead atoms. The topological polar surface area (TPSA) is 57.1 Å². The Morgan fingerprint density at radius 3 is 2.44 bits per heavy atom. The number of guanidine groups is 1. The lowest BCUT2D eigenvalue weighted by Crippen LogP contribution is -2.41. The molecule has 2 N–H and O–H groups in total. The van der Waals surface area contributed by atoms with Crippen LogP contribution in [0, 0.1) is 5.82 Å². The van der Waals surface area contributed by atoms with Crippen LogP contribution in [0.3, 0.4) is 0 Å². The SMILES string of the molecule is CN=C(NCCCc1ccc(O)cc1)N(C)CCOc1ccc(F)cc1.I. The minimum absolute atomic E-state index is 0. The van der Waals surface area contributed by atoms with E-state index in [0.29, 0.717) is 18.9 Å². The largest absolute Gasteiger partial charge is 0.508 e. The first-order chi connectivity index (χ1) is 12.6. The summed E-state index contributed by atoms with van der Waals surface area (Å²) in [6.45, 7) is 1.95. The Labute approximate surface area is 177 Å². The van der Waals surface area contributed by atoms with Crippen LogP contribution in [-0.4, -0.2) is 49.8 Å². The quantitative estimate of drug-likeness (QED) is 0.258. The smallest absolute Gasteiger partial charge is 0.193 e. The number of nitrogens with zero attached hydrogens (tertiary/aromatic N) is 2. The molecule has 0 atom stereocenters. The number of aryl methyl sites for hydroxylation is 1. The molecule has 0 fully saturated rings. The van der Waals surface area contributed by atoms with Gasteiger partial charge in [0.05, 0.1) is 6.54 Å². The zero-order valence-electron chi connectivity index (χ0n) is 15.7. The van der Waals surface area contributed by atoms with Crippen LogP contribution >= 0.6 is 24.0 Å². The number of phenolic OH excluding ortho intramolecular Hbond substituents is 1. The van der Waals surface area contributed by atoms with E-state index < -0.39 is 0 Å². The Hall–Kier alpha value is -2.03. The van der Waals surface area contributed by atoms with Crippen LogP contribution in [-0.2, 0) is 6.42 Å². The van der Waals surface area contributed by atoms with Crippen molar-refractivity contribution in [3.05, 3.63) is 59.9 Å². The molecule has 7 heteroatoms. The van der Waals surface area contributed by atoms with Crippen LogP contribution < -0.4 is 10.1 Å². The number of rotatable bonds is 8. The lowest BCUT2D eigenvalue weighted by molar-refractivity contribution is 0.281. The van der Waals surface area contributed by atoms with Gasteiger partial charge in [-0.3, -0.25) is 4.99 Å². The number of hydrogen-bond donors (Lipinski definition) is 2. The first-order valence-corrected chi connectivity index (χ1v) is 8.66. The van der Waals surface area contributed by atoms with Gasteiger partial charge in [-0.25, -0.2) is 4.39 Å². The maximum absolute atomic E-state index is 12.9. The van der Waals surface area contributed by atoms with Crippen molar-refractivity contribution in [1.29, 1.82) is 0 Å². The van der Waals surface area contributed by atoms with Gasteiger partial charge in [-0.15, -0.1) is 24.0 Å². The molecule has 0 saturated carbocycles. The molecule has 0 aliphatic rings. The summed E-state index contributed by atoms with van der Waals surface area (Å²) in [6.07, 6.45) is 1.89. The molecule has 0 aliphatic heterocycles. The summed E-state index contributed by atoms with van der Waals surface area (Å²) in [6, 6.07) is 13.3. The van der Waals surface area contributed by atoms with E-state index in [4.69, 9.17) is 4.74 Å². The van der Waals surface area contributed by atoms with E-state index in [2.05, 4.69) is 10.3 Å². The summed E-state index contributed by atoms with van der Waals surface area (Å²) in [5.41, 5.74) is 1.20. The number of phenols is 1. The third kappa shape index (κ3) is 8.47. The minimum Gasteiger partial charge on any atom is -0.508 e. The van der Waals surface area contributed by atoms with Crippen molar-refractivity contribution in [3.8, 4) is 11.5 Å².